The van der Waals surface area contributed by atoms with Crippen LogP contribution in [0.15, 0.2) is 43.9 Å². The van der Waals surface area contributed by atoms with Crippen molar-refractivity contribution in [2.24, 2.45) is 0 Å². The molecule has 0 atom stereocenters. The van der Waals surface area contributed by atoms with Crippen molar-refractivity contribution < 1.29 is 9.59 Å². The average molecular weight is 250 g/mol. The van der Waals surface area contributed by atoms with Gasteiger partial charge in [0.1, 0.15) is 5.57 Å². The van der Waals surface area contributed by atoms with Gasteiger partial charge in [-0.2, -0.15) is 0 Å². The lowest BCUT2D eigenvalue weighted by Gasteiger charge is -1.95. The molecule has 0 saturated carbocycles. The summed E-state index contributed by atoms with van der Waals surface area (Å²) < 4.78 is 0.744. The number of hydrazine groups is 1. The Morgan fingerprint density at radius 3 is 1.88 bits per heavy atom. The third-order valence-electron chi connectivity index (χ3n) is 2.20. The van der Waals surface area contributed by atoms with Crippen LogP contribution in [-0.2, 0) is 9.59 Å². The zero-order valence-corrected chi connectivity index (χ0v) is 9.58. The van der Waals surface area contributed by atoms with Crippen LogP contribution in [0.25, 0.3) is 0 Å². The van der Waals surface area contributed by atoms with Gasteiger partial charge < -0.3 is 0 Å². The third kappa shape index (κ3) is 1.42. The molecule has 6 heteroatoms. The molecule has 0 unspecified atom stereocenters. The number of rotatable bonds is 0. The first-order valence-electron chi connectivity index (χ1n) is 4.55. The van der Waals surface area contributed by atoms with Gasteiger partial charge in [-0.05, 0) is 12.1 Å². The molecule has 2 N–H and O–H groups in total. The van der Waals surface area contributed by atoms with Crippen LogP contribution in [0.3, 0.4) is 0 Å². The van der Waals surface area contributed by atoms with Crippen molar-refractivity contribution in [1.82, 2.24) is 10.9 Å². The molecule has 0 aromatic heterocycles. The van der Waals surface area contributed by atoms with Gasteiger partial charge in [0.25, 0.3) is 11.8 Å². The minimum absolute atomic E-state index is 0.214. The summed E-state index contributed by atoms with van der Waals surface area (Å²) in [6, 6.07) is 7.83. The number of nitrogens with one attached hydrogen (secondary N) is 2. The molecule has 1 aromatic carbocycles. The van der Waals surface area contributed by atoms with Crippen LogP contribution in [0, 0.1) is 0 Å². The zero-order valence-electron chi connectivity index (χ0n) is 7.94. The third-order valence-corrected chi connectivity index (χ3v) is 4.76. The average Bonchev–Trinajstić information content (AvgIpc) is 2.82. The van der Waals surface area contributed by atoms with E-state index in [1.54, 1.807) is 0 Å². The number of hydrogen-bond acceptors (Lipinski definition) is 4. The minimum Gasteiger partial charge on any atom is -0.267 e. The van der Waals surface area contributed by atoms with Gasteiger partial charge in [0.05, 0.1) is 4.24 Å². The molecule has 0 radical (unpaired) electrons. The van der Waals surface area contributed by atoms with Crippen molar-refractivity contribution in [3.05, 3.63) is 34.1 Å². The second kappa shape index (κ2) is 3.57. The second-order valence-corrected chi connectivity index (χ2v) is 5.58. The number of amides is 2. The van der Waals surface area contributed by atoms with Gasteiger partial charge >= 0.3 is 0 Å². The van der Waals surface area contributed by atoms with Gasteiger partial charge in [-0.1, -0.05) is 35.7 Å². The van der Waals surface area contributed by atoms with Crippen LogP contribution >= 0.6 is 23.5 Å². The molecule has 1 aromatic rings. The Balaban J connectivity index is 2.04. The Kier molecular flexibility index (Phi) is 2.19. The molecule has 80 valence electrons. The predicted octanol–water partition coefficient (Wildman–Crippen LogP) is 1.26. The van der Waals surface area contributed by atoms with E-state index in [1.165, 1.54) is 23.5 Å². The van der Waals surface area contributed by atoms with Gasteiger partial charge in [0.2, 0.25) is 0 Å². The van der Waals surface area contributed by atoms with Gasteiger partial charge in [-0.25, -0.2) is 0 Å². The molecule has 2 heterocycles. The smallest absolute Gasteiger partial charge is 0.267 e. The Bertz CT molecular complexity index is 494. The number of carbonyl (C=O) groups excluding carboxylic acids is 2. The van der Waals surface area contributed by atoms with Gasteiger partial charge in [-0.3, -0.25) is 20.4 Å². The van der Waals surface area contributed by atoms with Crippen LogP contribution in [0.2, 0.25) is 0 Å². The van der Waals surface area contributed by atoms with E-state index in [-0.39, 0.29) is 17.4 Å². The summed E-state index contributed by atoms with van der Waals surface area (Å²) in [6.45, 7) is 0. The van der Waals surface area contributed by atoms with Crippen molar-refractivity contribution in [3.8, 4) is 0 Å². The van der Waals surface area contributed by atoms with Crippen LogP contribution in [0.4, 0.5) is 0 Å². The highest BCUT2D eigenvalue weighted by Gasteiger charge is 2.33. The minimum atomic E-state index is -0.354. The van der Waals surface area contributed by atoms with E-state index in [0.717, 1.165) is 14.0 Å². The first-order chi connectivity index (χ1) is 7.75. The van der Waals surface area contributed by atoms with Crippen molar-refractivity contribution in [3.63, 3.8) is 0 Å². The molecular formula is C10H6N2O2S2. The maximum absolute atomic E-state index is 11.4. The Labute approximate surface area is 99.8 Å². The molecule has 0 bridgehead atoms. The van der Waals surface area contributed by atoms with Crippen LogP contribution in [0.5, 0.6) is 0 Å². The summed E-state index contributed by atoms with van der Waals surface area (Å²) in [5.74, 6) is -0.708. The van der Waals surface area contributed by atoms with Crippen molar-refractivity contribution >= 4 is 35.3 Å². The normalized spacial score (nSPS) is 18.5. The number of hydrogen-bond donors (Lipinski definition) is 2. The second-order valence-electron chi connectivity index (χ2n) is 3.22. The maximum Gasteiger partial charge on any atom is 0.277 e. The fraction of sp³-hybridized carbons (Fsp3) is 0. The monoisotopic (exact) mass is 250 g/mol. The van der Waals surface area contributed by atoms with Crippen LogP contribution < -0.4 is 10.9 Å². The van der Waals surface area contributed by atoms with Gasteiger partial charge in [0.15, 0.2) is 0 Å². The highest BCUT2D eigenvalue weighted by atomic mass is 32.2. The highest BCUT2D eigenvalue weighted by Crippen LogP contribution is 2.52. The van der Waals surface area contributed by atoms with Crippen molar-refractivity contribution in [2.45, 2.75) is 9.79 Å². The molecule has 4 nitrogen and oxygen atoms in total. The van der Waals surface area contributed by atoms with Gasteiger partial charge in [0, 0.05) is 9.79 Å². The van der Waals surface area contributed by atoms with Crippen LogP contribution in [0.1, 0.15) is 0 Å². The molecule has 1 saturated heterocycles. The fourth-order valence-electron chi connectivity index (χ4n) is 1.47. The summed E-state index contributed by atoms with van der Waals surface area (Å²) in [4.78, 5) is 25.1. The van der Waals surface area contributed by atoms with E-state index >= 15 is 0 Å². The molecular weight excluding hydrogens is 244 g/mol. The number of thioether (sulfide) groups is 2. The standard InChI is InChI=1S/C10H6N2O2S2/c13-8-7(9(14)12-11-8)10-15-5-3-1-2-4-6(5)16-10/h1-4H,(H,11,13)(H,12,14). The molecule has 1 fully saturated rings. The largest absolute Gasteiger partial charge is 0.277 e. The summed E-state index contributed by atoms with van der Waals surface area (Å²) in [5.41, 5.74) is 4.81. The molecule has 2 aliphatic rings. The quantitative estimate of drug-likeness (QED) is 0.537. The first kappa shape index (κ1) is 9.80. The van der Waals surface area contributed by atoms with Gasteiger partial charge in [-0.15, -0.1) is 0 Å². The zero-order chi connectivity index (χ0) is 11.1. The first-order valence-corrected chi connectivity index (χ1v) is 6.19. The van der Waals surface area contributed by atoms with Crippen molar-refractivity contribution in [1.29, 1.82) is 0 Å². The Morgan fingerprint density at radius 1 is 0.875 bits per heavy atom. The summed E-state index contributed by atoms with van der Waals surface area (Å²) in [6.07, 6.45) is 0. The highest BCUT2D eigenvalue weighted by molar-refractivity contribution is 8.24. The number of fused-ring (bicyclic) bond motifs is 1. The van der Waals surface area contributed by atoms with E-state index in [1.807, 2.05) is 24.3 Å². The Hall–Kier alpha value is -1.40. The topological polar surface area (TPSA) is 58.2 Å². The lowest BCUT2D eigenvalue weighted by Crippen LogP contribution is -2.28. The van der Waals surface area contributed by atoms with Crippen LogP contribution in [-0.4, -0.2) is 11.8 Å². The van der Waals surface area contributed by atoms with E-state index in [0.29, 0.717) is 0 Å². The Morgan fingerprint density at radius 2 is 1.38 bits per heavy atom. The SMILES string of the molecule is O=C1NNC(=O)C1=C1Sc2ccccc2S1. The molecule has 2 aliphatic heterocycles. The molecule has 16 heavy (non-hydrogen) atoms. The molecule has 0 aliphatic carbocycles. The lowest BCUT2D eigenvalue weighted by molar-refractivity contribution is -0.117. The lowest BCUT2D eigenvalue weighted by atomic mass is 10.3. The maximum atomic E-state index is 11.4. The van der Waals surface area contributed by atoms with E-state index in [9.17, 15) is 9.59 Å². The van der Waals surface area contributed by atoms with E-state index < -0.39 is 0 Å². The molecule has 2 amide bonds. The van der Waals surface area contributed by atoms with Crippen molar-refractivity contribution in [2.75, 3.05) is 0 Å². The fourth-order valence-corrected chi connectivity index (χ4v) is 4.03. The van der Waals surface area contributed by atoms with E-state index in [4.69, 9.17) is 0 Å². The van der Waals surface area contributed by atoms with E-state index in [2.05, 4.69) is 10.9 Å². The predicted molar refractivity (Wildman–Crippen MR) is 61.5 cm³/mol. The summed E-state index contributed by atoms with van der Waals surface area (Å²) >= 11 is 2.92. The summed E-state index contributed by atoms with van der Waals surface area (Å²) in [7, 11) is 0. The number of benzene rings is 1. The molecule has 0 spiro atoms. The summed E-state index contributed by atoms with van der Waals surface area (Å²) in [5, 5.41) is 0. The number of carbonyl (C=O) groups is 2. The molecule has 3 rings (SSSR count).